The Labute approximate surface area is 156 Å². The van der Waals surface area contributed by atoms with Crippen molar-refractivity contribution in [2.24, 2.45) is 5.92 Å². The highest BCUT2D eigenvalue weighted by Gasteiger charge is 2.22. The molecule has 1 N–H and O–H groups in total. The Morgan fingerprint density at radius 3 is 2.85 bits per heavy atom. The summed E-state index contributed by atoms with van der Waals surface area (Å²) in [6, 6.07) is 6.41. The van der Waals surface area contributed by atoms with Crippen molar-refractivity contribution in [3.8, 4) is 11.5 Å². The molecule has 1 saturated heterocycles. The summed E-state index contributed by atoms with van der Waals surface area (Å²) < 4.78 is 11.2. The molecule has 2 amide bonds. The lowest BCUT2D eigenvalue weighted by Crippen LogP contribution is -2.45. The van der Waals surface area contributed by atoms with Crippen LogP contribution < -0.4 is 14.8 Å². The fourth-order valence-corrected chi connectivity index (χ4v) is 3.63. The summed E-state index contributed by atoms with van der Waals surface area (Å²) in [7, 11) is 1.83. The zero-order chi connectivity index (χ0) is 18.5. The Balaban J connectivity index is 1.47. The summed E-state index contributed by atoms with van der Waals surface area (Å²) in [5, 5.41) is 3.10. The minimum atomic E-state index is -0.0263. The average molecular weight is 361 g/mol. The van der Waals surface area contributed by atoms with Gasteiger partial charge in [-0.25, -0.2) is 4.79 Å². The number of piperidine rings is 1. The van der Waals surface area contributed by atoms with E-state index in [1.54, 1.807) is 4.90 Å². The molecule has 0 aliphatic carbocycles. The number of benzene rings is 1. The Morgan fingerprint density at radius 2 is 2.08 bits per heavy atom. The van der Waals surface area contributed by atoms with Crippen molar-refractivity contribution in [3.05, 3.63) is 23.8 Å². The first-order valence-corrected chi connectivity index (χ1v) is 9.64. The molecule has 1 aromatic carbocycles. The van der Waals surface area contributed by atoms with E-state index in [0.29, 0.717) is 31.7 Å². The van der Waals surface area contributed by atoms with Crippen LogP contribution in [0.1, 0.15) is 32.3 Å². The molecule has 0 radical (unpaired) electrons. The third kappa shape index (κ3) is 4.81. The van der Waals surface area contributed by atoms with Crippen LogP contribution in [0.15, 0.2) is 18.2 Å². The van der Waals surface area contributed by atoms with Gasteiger partial charge in [-0.05, 0) is 56.8 Å². The zero-order valence-corrected chi connectivity index (χ0v) is 16.2. The van der Waals surface area contributed by atoms with E-state index in [0.717, 1.165) is 30.2 Å². The first kappa shape index (κ1) is 18.8. The van der Waals surface area contributed by atoms with E-state index in [4.69, 9.17) is 9.47 Å². The SMILES string of the molecule is CC(C)N1CCCC(CNC(=O)N(C)Cc2ccc3c(c2)OCCO3)C1. The summed E-state index contributed by atoms with van der Waals surface area (Å²) in [5.41, 5.74) is 1.04. The number of rotatable bonds is 5. The number of ether oxygens (including phenoxy) is 2. The second kappa shape index (κ2) is 8.62. The summed E-state index contributed by atoms with van der Waals surface area (Å²) in [4.78, 5) is 16.7. The van der Waals surface area contributed by atoms with Crippen molar-refractivity contribution in [2.75, 3.05) is 39.9 Å². The molecule has 1 unspecified atom stereocenters. The van der Waals surface area contributed by atoms with Crippen LogP contribution in [0, 0.1) is 5.92 Å². The fourth-order valence-electron chi connectivity index (χ4n) is 3.63. The van der Waals surface area contributed by atoms with Gasteiger partial charge < -0.3 is 24.6 Å². The number of fused-ring (bicyclic) bond motifs is 1. The molecule has 0 saturated carbocycles. The topological polar surface area (TPSA) is 54.0 Å². The second-order valence-electron chi connectivity index (χ2n) is 7.62. The van der Waals surface area contributed by atoms with E-state index in [1.807, 2.05) is 25.2 Å². The molecular weight excluding hydrogens is 330 g/mol. The van der Waals surface area contributed by atoms with Gasteiger partial charge in [0.1, 0.15) is 13.2 Å². The van der Waals surface area contributed by atoms with Gasteiger partial charge in [0.2, 0.25) is 0 Å². The molecule has 0 bridgehead atoms. The molecule has 2 aliphatic rings. The smallest absolute Gasteiger partial charge is 0.317 e. The van der Waals surface area contributed by atoms with Gasteiger partial charge in [0.05, 0.1) is 0 Å². The average Bonchev–Trinajstić information content (AvgIpc) is 2.66. The molecular formula is C20H31N3O3. The Hall–Kier alpha value is -1.95. The van der Waals surface area contributed by atoms with Gasteiger partial charge in [0.15, 0.2) is 11.5 Å². The number of hydrogen-bond donors (Lipinski definition) is 1. The van der Waals surface area contributed by atoms with Crippen molar-refractivity contribution < 1.29 is 14.3 Å². The van der Waals surface area contributed by atoms with E-state index in [9.17, 15) is 4.79 Å². The summed E-state index contributed by atoms with van der Waals surface area (Å²) >= 11 is 0. The minimum absolute atomic E-state index is 0.0263. The van der Waals surface area contributed by atoms with Crippen LogP contribution >= 0.6 is 0 Å². The first-order chi connectivity index (χ1) is 12.5. The lowest BCUT2D eigenvalue weighted by molar-refractivity contribution is 0.137. The van der Waals surface area contributed by atoms with E-state index in [-0.39, 0.29) is 6.03 Å². The summed E-state index contributed by atoms with van der Waals surface area (Å²) in [6.07, 6.45) is 2.40. The van der Waals surface area contributed by atoms with Crippen LogP contribution in [0.25, 0.3) is 0 Å². The fraction of sp³-hybridized carbons (Fsp3) is 0.650. The normalized spacial score (nSPS) is 20.1. The highest BCUT2D eigenvalue weighted by molar-refractivity contribution is 5.73. The number of likely N-dealkylation sites (tertiary alicyclic amines) is 1. The number of nitrogens with one attached hydrogen (secondary N) is 1. The van der Waals surface area contributed by atoms with Crippen LogP contribution in [-0.2, 0) is 6.54 Å². The number of carbonyl (C=O) groups is 1. The van der Waals surface area contributed by atoms with Crippen LogP contribution in [0.4, 0.5) is 4.79 Å². The Morgan fingerprint density at radius 1 is 1.31 bits per heavy atom. The maximum absolute atomic E-state index is 12.4. The van der Waals surface area contributed by atoms with Gasteiger partial charge in [-0.1, -0.05) is 6.07 Å². The molecule has 1 fully saturated rings. The van der Waals surface area contributed by atoms with Gasteiger partial charge in [-0.2, -0.15) is 0 Å². The van der Waals surface area contributed by atoms with Gasteiger partial charge in [0, 0.05) is 32.7 Å². The molecule has 6 heteroatoms. The predicted molar refractivity (Wildman–Crippen MR) is 102 cm³/mol. The van der Waals surface area contributed by atoms with Crippen molar-refractivity contribution in [2.45, 2.75) is 39.3 Å². The van der Waals surface area contributed by atoms with Crippen molar-refractivity contribution >= 4 is 6.03 Å². The zero-order valence-electron chi connectivity index (χ0n) is 16.2. The monoisotopic (exact) mass is 361 g/mol. The van der Waals surface area contributed by atoms with Gasteiger partial charge in [-0.15, -0.1) is 0 Å². The largest absolute Gasteiger partial charge is 0.486 e. The standard InChI is InChI=1S/C20H31N3O3/c1-15(2)23-8-4-5-17(14-23)12-21-20(24)22(3)13-16-6-7-18-19(11-16)26-10-9-25-18/h6-7,11,15,17H,4-5,8-10,12-14H2,1-3H3,(H,21,24). The molecule has 0 spiro atoms. The maximum atomic E-state index is 12.4. The van der Waals surface area contributed by atoms with Gasteiger partial charge in [0.25, 0.3) is 0 Å². The number of hydrogen-bond acceptors (Lipinski definition) is 4. The first-order valence-electron chi connectivity index (χ1n) is 9.64. The van der Waals surface area contributed by atoms with Crippen LogP contribution in [0.3, 0.4) is 0 Å². The lowest BCUT2D eigenvalue weighted by atomic mass is 9.97. The predicted octanol–water partition coefficient (Wildman–Crippen LogP) is 2.72. The second-order valence-corrected chi connectivity index (χ2v) is 7.62. The Kier molecular flexibility index (Phi) is 6.25. The highest BCUT2D eigenvalue weighted by atomic mass is 16.6. The molecule has 144 valence electrons. The molecule has 0 aromatic heterocycles. The molecule has 2 aliphatic heterocycles. The molecule has 3 rings (SSSR count). The van der Waals surface area contributed by atoms with E-state index in [2.05, 4.69) is 24.1 Å². The maximum Gasteiger partial charge on any atom is 0.317 e. The van der Waals surface area contributed by atoms with Gasteiger partial charge >= 0.3 is 6.03 Å². The van der Waals surface area contributed by atoms with Gasteiger partial charge in [-0.3, -0.25) is 0 Å². The quantitative estimate of drug-likeness (QED) is 0.876. The number of carbonyl (C=O) groups excluding carboxylic acids is 1. The molecule has 1 aromatic rings. The highest BCUT2D eigenvalue weighted by Crippen LogP contribution is 2.31. The molecule has 26 heavy (non-hydrogen) atoms. The van der Waals surface area contributed by atoms with E-state index >= 15 is 0 Å². The van der Waals surface area contributed by atoms with Crippen LogP contribution in [-0.4, -0.2) is 61.8 Å². The summed E-state index contributed by atoms with van der Waals surface area (Å²) in [6.45, 7) is 9.17. The number of urea groups is 1. The Bertz CT molecular complexity index is 620. The van der Waals surface area contributed by atoms with Crippen molar-refractivity contribution in [1.29, 1.82) is 0 Å². The molecule has 6 nitrogen and oxygen atoms in total. The third-order valence-corrected chi connectivity index (χ3v) is 5.20. The minimum Gasteiger partial charge on any atom is -0.486 e. The summed E-state index contributed by atoms with van der Waals surface area (Å²) in [5.74, 6) is 2.08. The van der Waals surface area contributed by atoms with Crippen molar-refractivity contribution in [3.63, 3.8) is 0 Å². The number of nitrogens with zero attached hydrogens (tertiary/aromatic N) is 2. The van der Waals surface area contributed by atoms with Crippen LogP contribution in [0.5, 0.6) is 11.5 Å². The molecule has 2 heterocycles. The molecule has 1 atom stereocenters. The van der Waals surface area contributed by atoms with Crippen LogP contribution in [0.2, 0.25) is 0 Å². The van der Waals surface area contributed by atoms with Crippen molar-refractivity contribution in [1.82, 2.24) is 15.1 Å². The van der Waals surface area contributed by atoms with E-state index in [1.165, 1.54) is 19.4 Å². The van der Waals surface area contributed by atoms with E-state index < -0.39 is 0 Å². The third-order valence-electron chi connectivity index (χ3n) is 5.20. The lowest BCUT2D eigenvalue weighted by Gasteiger charge is -2.35. The number of amides is 2.